The SMILES string of the molecule is COc1cccc(OC)c1-c1cc(-n2cc(C)cn2)ncn1. The molecule has 2 heterocycles. The molecule has 6 nitrogen and oxygen atoms in total. The largest absolute Gasteiger partial charge is 0.496 e. The Bertz CT molecular complexity index is 776. The fourth-order valence-electron chi connectivity index (χ4n) is 2.25. The van der Waals surface area contributed by atoms with Crippen molar-refractivity contribution in [2.45, 2.75) is 6.92 Å². The molecule has 0 bridgehead atoms. The molecule has 0 fully saturated rings. The van der Waals surface area contributed by atoms with E-state index >= 15 is 0 Å². The summed E-state index contributed by atoms with van der Waals surface area (Å²) in [5.74, 6) is 2.08. The lowest BCUT2D eigenvalue weighted by Gasteiger charge is -2.12. The van der Waals surface area contributed by atoms with Crippen LogP contribution in [-0.2, 0) is 0 Å². The van der Waals surface area contributed by atoms with Crippen molar-refractivity contribution >= 4 is 0 Å². The van der Waals surface area contributed by atoms with Crippen LogP contribution < -0.4 is 9.47 Å². The van der Waals surface area contributed by atoms with Gasteiger partial charge in [0.1, 0.15) is 17.8 Å². The van der Waals surface area contributed by atoms with Gasteiger partial charge in [-0.25, -0.2) is 14.6 Å². The van der Waals surface area contributed by atoms with Gasteiger partial charge in [-0.2, -0.15) is 5.10 Å². The quantitative estimate of drug-likeness (QED) is 0.740. The van der Waals surface area contributed by atoms with E-state index in [1.54, 1.807) is 25.1 Å². The van der Waals surface area contributed by atoms with E-state index in [2.05, 4.69) is 15.1 Å². The summed E-state index contributed by atoms with van der Waals surface area (Å²) in [6, 6.07) is 7.47. The highest BCUT2D eigenvalue weighted by Crippen LogP contribution is 2.37. The van der Waals surface area contributed by atoms with Crippen LogP contribution in [0.15, 0.2) is 43.0 Å². The second-order valence-electron chi connectivity index (χ2n) is 4.76. The molecule has 0 saturated carbocycles. The molecule has 1 aromatic carbocycles. The van der Waals surface area contributed by atoms with E-state index < -0.39 is 0 Å². The highest BCUT2D eigenvalue weighted by atomic mass is 16.5. The molecule has 0 spiro atoms. The van der Waals surface area contributed by atoms with Crippen molar-refractivity contribution in [1.29, 1.82) is 0 Å². The number of aryl methyl sites for hydroxylation is 1. The molecule has 0 saturated heterocycles. The Kier molecular flexibility index (Phi) is 3.74. The first-order valence-electron chi connectivity index (χ1n) is 6.78. The van der Waals surface area contributed by atoms with Crippen LogP contribution in [0.2, 0.25) is 0 Å². The number of ether oxygens (including phenoxy) is 2. The topological polar surface area (TPSA) is 62.1 Å². The monoisotopic (exact) mass is 296 g/mol. The minimum Gasteiger partial charge on any atom is -0.496 e. The minimum atomic E-state index is 0.686. The second-order valence-corrected chi connectivity index (χ2v) is 4.76. The first kappa shape index (κ1) is 14.1. The van der Waals surface area contributed by atoms with Crippen LogP contribution in [0.3, 0.4) is 0 Å². The average molecular weight is 296 g/mol. The Morgan fingerprint density at radius 3 is 2.36 bits per heavy atom. The zero-order valence-electron chi connectivity index (χ0n) is 12.6. The van der Waals surface area contributed by atoms with Crippen molar-refractivity contribution < 1.29 is 9.47 Å². The Morgan fingerprint density at radius 1 is 1.05 bits per heavy atom. The van der Waals surface area contributed by atoms with E-state index in [1.165, 1.54) is 6.33 Å². The fourth-order valence-corrected chi connectivity index (χ4v) is 2.25. The van der Waals surface area contributed by atoms with Gasteiger partial charge in [0.25, 0.3) is 0 Å². The third-order valence-electron chi connectivity index (χ3n) is 3.28. The van der Waals surface area contributed by atoms with Crippen LogP contribution in [-0.4, -0.2) is 34.0 Å². The number of rotatable bonds is 4. The molecule has 2 aromatic heterocycles. The smallest absolute Gasteiger partial charge is 0.157 e. The maximum Gasteiger partial charge on any atom is 0.157 e. The summed E-state index contributed by atoms with van der Waals surface area (Å²) in [6.07, 6.45) is 5.20. The number of nitrogens with zero attached hydrogens (tertiary/aromatic N) is 4. The van der Waals surface area contributed by atoms with Gasteiger partial charge in [0.15, 0.2) is 5.82 Å². The molecule has 0 aliphatic heterocycles. The molecule has 0 N–H and O–H groups in total. The van der Waals surface area contributed by atoms with Crippen LogP contribution >= 0.6 is 0 Å². The van der Waals surface area contributed by atoms with Crippen LogP contribution in [0.25, 0.3) is 17.1 Å². The molecule has 3 rings (SSSR count). The number of hydrogen-bond acceptors (Lipinski definition) is 5. The van der Waals surface area contributed by atoms with E-state index in [-0.39, 0.29) is 0 Å². The maximum atomic E-state index is 5.43. The Hall–Kier alpha value is -2.89. The van der Waals surface area contributed by atoms with Gasteiger partial charge in [0, 0.05) is 12.3 Å². The number of aromatic nitrogens is 4. The van der Waals surface area contributed by atoms with Gasteiger partial charge >= 0.3 is 0 Å². The number of benzene rings is 1. The molecule has 0 unspecified atom stereocenters. The van der Waals surface area contributed by atoms with Crippen molar-refractivity contribution in [3.8, 4) is 28.6 Å². The zero-order chi connectivity index (χ0) is 15.5. The Labute approximate surface area is 128 Å². The van der Waals surface area contributed by atoms with Gasteiger partial charge in [-0.1, -0.05) is 6.07 Å². The molecule has 0 amide bonds. The van der Waals surface area contributed by atoms with Crippen molar-refractivity contribution in [3.05, 3.63) is 48.5 Å². The average Bonchev–Trinajstić information content (AvgIpc) is 3.00. The molecule has 6 heteroatoms. The summed E-state index contributed by atoms with van der Waals surface area (Å²) in [5, 5.41) is 4.27. The van der Waals surface area contributed by atoms with E-state index in [0.29, 0.717) is 23.0 Å². The summed E-state index contributed by atoms with van der Waals surface area (Å²) in [5.41, 5.74) is 2.57. The first-order valence-corrected chi connectivity index (χ1v) is 6.78. The van der Waals surface area contributed by atoms with E-state index in [9.17, 15) is 0 Å². The van der Waals surface area contributed by atoms with Crippen LogP contribution in [0.1, 0.15) is 5.56 Å². The second kappa shape index (κ2) is 5.85. The predicted molar refractivity (Wildman–Crippen MR) is 82.4 cm³/mol. The summed E-state index contributed by atoms with van der Waals surface area (Å²) in [6.45, 7) is 1.98. The van der Waals surface area contributed by atoms with Gasteiger partial charge in [-0.15, -0.1) is 0 Å². The third kappa shape index (κ3) is 2.50. The molecular weight excluding hydrogens is 280 g/mol. The Morgan fingerprint density at radius 2 is 1.77 bits per heavy atom. The van der Waals surface area contributed by atoms with Crippen molar-refractivity contribution in [1.82, 2.24) is 19.7 Å². The molecule has 0 atom stereocenters. The number of methoxy groups -OCH3 is 2. The van der Waals surface area contributed by atoms with E-state index in [4.69, 9.17) is 9.47 Å². The van der Waals surface area contributed by atoms with Crippen molar-refractivity contribution in [3.63, 3.8) is 0 Å². The lowest BCUT2D eigenvalue weighted by molar-refractivity contribution is 0.397. The van der Waals surface area contributed by atoms with E-state index in [0.717, 1.165) is 11.1 Å². The molecule has 112 valence electrons. The molecule has 3 aromatic rings. The fraction of sp³-hybridized carbons (Fsp3) is 0.188. The standard InChI is InChI=1S/C16H16N4O2/c1-11-8-19-20(9-11)15-7-12(17-10-18-15)16-13(21-2)5-4-6-14(16)22-3/h4-10H,1-3H3. The summed E-state index contributed by atoms with van der Waals surface area (Å²) in [4.78, 5) is 8.61. The van der Waals surface area contributed by atoms with Gasteiger partial charge in [-0.3, -0.25) is 0 Å². The zero-order valence-corrected chi connectivity index (χ0v) is 12.6. The molecule has 0 aliphatic rings. The van der Waals surface area contributed by atoms with E-state index in [1.807, 2.05) is 37.4 Å². The summed E-state index contributed by atoms with van der Waals surface area (Å²) >= 11 is 0. The summed E-state index contributed by atoms with van der Waals surface area (Å²) < 4.78 is 12.6. The van der Waals surface area contributed by atoms with Crippen LogP contribution in [0, 0.1) is 6.92 Å². The normalized spacial score (nSPS) is 10.5. The van der Waals surface area contributed by atoms with Crippen molar-refractivity contribution in [2.75, 3.05) is 14.2 Å². The van der Waals surface area contributed by atoms with Gasteiger partial charge in [0.2, 0.25) is 0 Å². The first-order chi connectivity index (χ1) is 10.7. The molecular formula is C16H16N4O2. The highest BCUT2D eigenvalue weighted by Gasteiger charge is 2.15. The van der Waals surface area contributed by atoms with Gasteiger partial charge in [0.05, 0.1) is 31.7 Å². The molecule has 22 heavy (non-hydrogen) atoms. The maximum absolute atomic E-state index is 5.43. The van der Waals surface area contributed by atoms with Crippen LogP contribution in [0.4, 0.5) is 0 Å². The highest BCUT2D eigenvalue weighted by molar-refractivity contribution is 5.74. The Balaban J connectivity index is 2.14. The molecule has 0 radical (unpaired) electrons. The van der Waals surface area contributed by atoms with Crippen LogP contribution in [0.5, 0.6) is 11.5 Å². The molecule has 0 aliphatic carbocycles. The minimum absolute atomic E-state index is 0.686. The predicted octanol–water partition coefficient (Wildman–Crippen LogP) is 2.65. The lowest BCUT2D eigenvalue weighted by atomic mass is 10.1. The van der Waals surface area contributed by atoms with Gasteiger partial charge < -0.3 is 9.47 Å². The third-order valence-corrected chi connectivity index (χ3v) is 3.28. The number of hydrogen-bond donors (Lipinski definition) is 0. The van der Waals surface area contributed by atoms with Gasteiger partial charge in [-0.05, 0) is 24.6 Å². The van der Waals surface area contributed by atoms with Crippen molar-refractivity contribution in [2.24, 2.45) is 0 Å². The lowest BCUT2D eigenvalue weighted by Crippen LogP contribution is -2.01. The summed E-state index contributed by atoms with van der Waals surface area (Å²) in [7, 11) is 3.24.